The number of aryl methyl sites for hydroxylation is 1. The molecule has 0 saturated heterocycles. The lowest BCUT2D eigenvalue weighted by molar-refractivity contribution is 0.627. The molecular formula is C12H13FN2. The zero-order valence-corrected chi connectivity index (χ0v) is 8.57. The number of benzene rings is 1. The summed E-state index contributed by atoms with van der Waals surface area (Å²) in [5.74, 6) is -0.210. The summed E-state index contributed by atoms with van der Waals surface area (Å²) in [5, 5.41) is 0.917. The van der Waals surface area contributed by atoms with Gasteiger partial charge in [-0.3, -0.25) is 0 Å². The minimum absolute atomic E-state index is 0.210. The van der Waals surface area contributed by atoms with Crippen LogP contribution in [0, 0.1) is 5.82 Å². The molecule has 0 spiro atoms. The molecule has 0 radical (unpaired) electrons. The van der Waals surface area contributed by atoms with Crippen molar-refractivity contribution < 1.29 is 4.39 Å². The molecule has 0 atom stereocenters. The van der Waals surface area contributed by atoms with E-state index in [1.807, 2.05) is 29.9 Å². The van der Waals surface area contributed by atoms with Crippen LogP contribution in [-0.4, -0.2) is 11.1 Å². The van der Waals surface area contributed by atoms with E-state index in [-0.39, 0.29) is 5.82 Å². The van der Waals surface area contributed by atoms with Gasteiger partial charge < -0.3 is 10.3 Å². The van der Waals surface area contributed by atoms with Crippen LogP contribution in [0.5, 0.6) is 0 Å². The molecule has 15 heavy (non-hydrogen) atoms. The van der Waals surface area contributed by atoms with Gasteiger partial charge in [-0.1, -0.05) is 12.2 Å². The van der Waals surface area contributed by atoms with Gasteiger partial charge in [-0.15, -0.1) is 0 Å². The average Bonchev–Trinajstić information content (AvgIpc) is 2.57. The molecule has 1 heterocycles. The lowest BCUT2D eigenvalue weighted by Gasteiger charge is -2.00. The molecule has 0 aliphatic heterocycles. The second kappa shape index (κ2) is 3.87. The number of hydrogen-bond donors (Lipinski definition) is 1. The van der Waals surface area contributed by atoms with Crippen LogP contribution >= 0.6 is 0 Å². The number of hydrogen-bond acceptors (Lipinski definition) is 1. The highest BCUT2D eigenvalue weighted by Crippen LogP contribution is 2.20. The van der Waals surface area contributed by atoms with E-state index in [2.05, 4.69) is 0 Å². The van der Waals surface area contributed by atoms with E-state index in [9.17, 15) is 4.39 Å². The Hall–Kier alpha value is -1.61. The Morgan fingerprint density at radius 1 is 1.47 bits per heavy atom. The molecule has 0 unspecified atom stereocenters. The van der Waals surface area contributed by atoms with Gasteiger partial charge in [-0.25, -0.2) is 4.39 Å². The van der Waals surface area contributed by atoms with E-state index >= 15 is 0 Å². The third kappa shape index (κ3) is 1.78. The van der Waals surface area contributed by atoms with Gasteiger partial charge in [0.15, 0.2) is 0 Å². The molecule has 2 aromatic rings. The summed E-state index contributed by atoms with van der Waals surface area (Å²) < 4.78 is 15.5. The van der Waals surface area contributed by atoms with E-state index in [0.29, 0.717) is 12.1 Å². The highest BCUT2D eigenvalue weighted by atomic mass is 19.1. The van der Waals surface area contributed by atoms with Crippen LogP contribution in [0.2, 0.25) is 0 Å². The second-order valence-corrected chi connectivity index (χ2v) is 3.50. The van der Waals surface area contributed by atoms with Crippen molar-refractivity contribution in [3.8, 4) is 0 Å². The van der Waals surface area contributed by atoms with E-state index in [1.54, 1.807) is 18.2 Å². The summed E-state index contributed by atoms with van der Waals surface area (Å²) in [4.78, 5) is 0. The molecule has 0 amide bonds. The molecule has 1 aromatic heterocycles. The van der Waals surface area contributed by atoms with E-state index < -0.39 is 0 Å². The first-order valence-electron chi connectivity index (χ1n) is 4.83. The Labute approximate surface area is 87.8 Å². The SMILES string of the molecule is Cn1ccc2cc(F)c(/C=C/CN)cc21. The summed E-state index contributed by atoms with van der Waals surface area (Å²) in [6, 6.07) is 5.27. The maximum atomic E-state index is 13.6. The van der Waals surface area contributed by atoms with Crippen molar-refractivity contribution in [3.63, 3.8) is 0 Å². The zero-order valence-electron chi connectivity index (χ0n) is 8.57. The topological polar surface area (TPSA) is 30.9 Å². The molecule has 78 valence electrons. The fourth-order valence-corrected chi connectivity index (χ4v) is 1.63. The van der Waals surface area contributed by atoms with Gasteiger partial charge in [-0.05, 0) is 18.2 Å². The quantitative estimate of drug-likeness (QED) is 0.799. The van der Waals surface area contributed by atoms with Gasteiger partial charge in [0.05, 0.1) is 0 Å². The Bertz CT molecular complexity index is 512. The van der Waals surface area contributed by atoms with Crippen molar-refractivity contribution in [3.05, 3.63) is 41.9 Å². The predicted molar refractivity (Wildman–Crippen MR) is 61.0 cm³/mol. The minimum atomic E-state index is -0.210. The molecule has 0 aliphatic rings. The molecule has 2 rings (SSSR count). The molecule has 2 N–H and O–H groups in total. The fourth-order valence-electron chi connectivity index (χ4n) is 1.63. The van der Waals surface area contributed by atoms with Crippen molar-refractivity contribution in [2.75, 3.05) is 6.54 Å². The minimum Gasteiger partial charge on any atom is -0.351 e. The lowest BCUT2D eigenvalue weighted by atomic mass is 10.1. The number of nitrogens with zero attached hydrogens (tertiary/aromatic N) is 1. The third-order valence-corrected chi connectivity index (χ3v) is 2.44. The van der Waals surface area contributed by atoms with Crippen LogP contribution in [0.4, 0.5) is 4.39 Å². The smallest absolute Gasteiger partial charge is 0.131 e. The van der Waals surface area contributed by atoms with Gasteiger partial charge in [0.25, 0.3) is 0 Å². The van der Waals surface area contributed by atoms with Gasteiger partial charge in [0, 0.05) is 36.3 Å². The molecule has 0 fully saturated rings. The van der Waals surface area contributed by atoms with Crippen LogP contribution in [-0.2, 0) is 7.05 Å². The van der Waals surface area contributed by atoms with E-state index in [1.165, 1.54) is 0 Å². The van der Waals surface area contributed by atoms with Gasteiger partial charge in [-0.2, -0.15) is 0 Å². The highest BCUT2D eigenvalue weighted by molar-refractivity contribution is 5.82. The summed E-state index contributed by atoms with van der Waals surface area (Å²) >= 11 is 0. The van der Waals surface area contributed by atoms with Crippen molar-refractivity contribution in [2.24, 2.45) is 12.8 Å². The first-order chi connectivity index (χ1) is 7.22. The standard InChI is InChI=1S/C12H13FN2/c1-15-6-4-10-7-11(13)9(3-2-5-14)8-12(10)15/h2-4,6-8H,5,14H2,1H3/b3-2+. The van der Waals surface area contributed by atoms with Gasteiger partial charge >= 0.3 is 0 Å². The Balaban J connectivity index is 2.59. The third-order valence-electron chi connectivity index (χ3n) is 2.44. The van der Waals surface area contributed by atoms with Crippen molar-refractivity contribution in [1.29, 1.82) is 0 Å². The maximum absolute atomic E-state index is 13.6. The van der Waals surface area contributed by atoms with Crippen molar-refractivity contribution in [2.45, 2.75) is 0 Å². The number of rotatable bonds is 2. The average molecular weight is 204 g/mol. The van der Waals surface area contributed by atoms with Crippen molar-refractivity contribution >= 4 is 17.0 Å². The molecule has 0 aliphatic carbocycles. The summed E-state index contributed by atoms with van der Waals surface area (Å²) in [5.41, 5.74) is 6.93. The maximum Gasteiger partial charge on any atom is 0.131 e. The molecule has 3 heteroatoms. The molecule has 0 saturated carbocycles. The first-order valence-corrected chi connectivity index (χ1v) is 4.83. The van der Waals surface area contributed by atoms with Crippen molar-refractivity contribution in [1.82, 2.24) is 4.57 Å². The monoisotopic (exact) mass is 204 g/mol. The van der Waals surface area contributed by atoms with Crippen LogP contribution in [0.25, 0.3) is 17.0 Å². The molecule has 2 nitrogen and oxygen atoms in total. The molecule has 0 bridgehead atoms. The largest absolute Gasteiger partial charge is 0.351 e. The summed E-state index contributed by atoms with van der Waals surface area (Å²) in [7, 11) is 1.94. The summed E-state index contributed by atoms with van der Waals surface area (Å²) in [6.45, 7) is 0.421. The van der Waals surface area contributed by atoms with E-state index in [0.717, 1.165) is 10.9 Å². The summed E-state index contributed by atoms with van der Waals surface area (Å²) in [6.07, 6.45) is 5.37. The van der Waals surface area contributed by atoms with Crippen LogP contribution in [0.1, 0.15) is 5.56 Å². The first kappa shape index (κ1) is 9.93. The number of nitrogens with two attached hydrogens (primary N) is 1. The number of fused-ring (bicyclic) bond motifs is 1. The van der Waals surface area contributed by atoms with Gasteiger partial charge in [0.2, 0.25) is 0 Å². The number of aromatic nitrogens is 1. The van der Waals surface area contributed by atoms with Crippen LogP contribution in [0.3, 0.4) is 0 Å². The van der Waals surface area contributed by atoms with Crippen LogP contribution < -0.4 is 5.73 Å². The van der Waals surface area contributed by atoms with Gasteiger partial charge in [0.1, 0.15) is 5.82 Å². The Morgan fingerprint density at radius 2 is 2.27 bits per heavy atom. The zero-order chi connectivity index (χ0) is 10.8. The second-order valence-electron chi connectivity index (χ2n) is 3.50. The molecular weight excluding hydrogens is 191 g/mol. The Morgan fingerprint density at radius 3 is 3.00 bits per heavy atom. The Kier molecular flexibility index (Phi) is 2.56. The van der Waals surface area contributed by atoms with E-state index in [4.69, 9.17) is 5.73 Å². The van der Waals surface area contributed by atoms with Crippen LogP contribution in [0.15, 0.2) is 30.5 Å². The normalized spacial score (nSPS) is 11.7. The predicted octanol–water partition coefficient (Wildman–Crippen LogP) is 2.29. The highest BCUT2D eigenvalue weighted by Gasteiger charge is 2.04. The molecule has 1 aromatic carbocycles. The lowest BCUT2D eigenvalue weighted by Crippen LogP contribution is -1.93. The number of halogens is 1. The fraction of sp³-hybridized carbons (Fsp3) is 0.167.